The molecule has 0 aliphatic heterocycles. The second-order valence-corrected chi connectivity index (χ2v) is 7.64. The van der Waals surface area contributed by atoms with E-state index in [0.29, 0.717) is 48.6 Å². The summed E-state index contributed by atoms with van der Waals surface area (Å²) in [6, 6.07) is 4.62. The number of benzene rings is 1. The summed E-state index contributed by atoms with van der Waals surface area (Å²) in [4.78, 5) is 11.9. The van der Waals surface area contributed by atoms with Crippen molar-refractivity contribution < 1.29 is 32.5 Å². The molecular formula is C24H26F3NO5. The van der Waals surface area contributed by atoms with Gasteiger partial charge in [-0.15, -0.1) is 0 Å². The zero-order chi connectivity index (χ0) is 24.2. The molecule has 0 bridgehead atoms. The lowest BCUT2D eigenvalue weighted by molar-refractivity contribution is -0.136. The quantitative estimate of drug-likeness (QED) is 0.319. The van der Waals surface area contributed by atoms with Crippen LogP contribution in [0.1, 0.15) is 43.4 Å². The third kappa shape index (κ3) is 5.35. The number of hydrogen-bond acceptors (Lipinski definition) is 5. The highest BCUT2D eigenvalue weighted by Gasteiger charge is 2.35. The first-order valence-corrected chi connectivity index (χ1v) is 10.7. The fourth-order valence-electron chi connectivity index (χ4n) is 3.77. The van der Waals surface area contributed by atoms with Gasteiger partial charge in [0.25, 0.3) is 0 Å². The van der Waals surface area contributed by atoms with Crippen molar-refractivity contribution in [2.24, 2.45) is 0 Å². The van der Waals surface area contributed by atoms with Gasteiger partial charge in [0.15, 0.2) is 11.8 Å². The van der Waals surface area contributed by atoms with Crippen LogP contribution in [-0.4, -0.2) is 21.4 Å². The Labute approximate surface area is 188 Å². The molecule has 178 valence electrons. The van der Waals surface area contributed by atoms with E-state index in [1.165, 1.54) is 22.8 Å². The second kappa shape index (κ2) is 10.1. The summed E-state index contributed by atoms with van der Waals surface area (Å²) in [5, 5.41) is 19.2. The minimum atomic E-state index is -4.69. The van der Waals surface area contributed by atoms with Crippen LogP contribution in [0.3, 0.4) is 0 Å². The van der Waals surface area contributed by atoms with Crippen LogP contribution in [0.15, 0.2) is 45.6 Å². The van der Waals surface area contributed by atoms with Gasteiger partial charge in [0.05, 0.1) is 5.56 Å². The Morgan fingerprint density at radius 2 is 1.73 bits per heavy atom. The Balaban J connectivity index is 2.00. The van der Waals surface area contributed by atoms with E-state index in [1.54, 1.807) is 12.2 Å². The van der Waals surface area contributed by atoms with Crippen molar-refractivity contribution >= 4 is 11.0 Å². The molecule has 0 atom stereocenters. The van der Waals surface area contributed by atoms with Crippen molar-refractivity contribution in [3.63, 3.8) is 0 Å². The average Bonchev–Trinajstić information content (AvgIpc) is 3.06. The van der Waals surface area contributed by atoms with Crippen molar-refractivity contribution in [1.29, 1.82) is 0 Å². The van der Waals surface area contributed by atoms with Gasteiger partial charge in [0, 0.05) is 35.7 Å². The Hall–Kier alpha value is -3.36. The van der Waals surface area contributed by atoms with Gasteiger partial charge < -0.3 is 19.4 Å². The number of fused-ring (bicyclic) bond motifs is 1. The SMILES string of the molecule is CCCc1cc2c(C(F)(F)F)cc(=O)oc2c(CCC)c1OCC=CCn1c(O)ccc1O. The van der Waals surface area contributed by atoms with E-state index in [-0.39, 0.29) is 35.9 Å². The van der Waals surface area contributed by atoms with E-state index in [4.69, 9.17) is 9.15 Å². The van der Waals surface area contributed by atoms with Gasteiger partial charge in [-0.2, -0.15) is 13.2 Å². The molecule has 0 unspecified atom stereocenters. The van der Waals surface area contributed by atoms with E-state index in [1.807, 2.05) is 13.8 Å². The van der Waals surface area contributed by atoms with E-state index in [0.717, 1.165) is 0 Å². The first-order valence-electron chi connectivity index (χ1n) is 10.7. The van der Waals surface area contributed by atoms with Crippen LogP contribution in [0.2, 0.25) is 0 Å². The minimum absolute atomic E-state index is 0.0847. The molecule has 0 radical (unpaired) electrons. The molecule has 0 aliphatic carbocycles. The first kappa shape index (κ1) is 24.3. The number of aromatic nitrogens is 1. The van der Waals surface area contributed by atoms with Gasteiger partial charge in [-0.1, -0.05) is 32.8 Å². The average molecular weight is 465 g/mol. The third-order valence-corrected chi connectivity index (χ3v) is 5.20. The molecule has 3 rings (SSSR count). The number of ether oxygens (including phenoxy) is 1. The Morgan fingerprint density at radius 3 is 2.33 bits per heavy atom. The van der Waals surface area contributed by atoms with Crippen molar-refractivity contribution in [3.05, 3.63) is 63.5 Å². The predicted molar refractivity (Wildman–Crippen MR) is 118 cm³/mol. The van der Waals surface area contributed by atoms with Gasteiger partial charge in [-0.3, -0.25) is 4.57 Å². The van der Waals surface area contributed by atoms with Gasteiger partial charge in [0.2, 0.25) is 0 Å². The normalized spacial score (nSPS) is 12.2. The lowest BCUT2D eigenvalue weighted by Crippen LogP contribution is -2.13. The number of alkyl halides is 3. The highest BCUT2D eigenvalue weighted by molar-refractivity contribution is 5.87. The molecule has 0 fully saturated rings. The molecule has 0 saturated carbocycles. The summed E-state index contributed by atoms with van der Waals surface area (Å²) >= 11 is 0. The Bertz CT molecular complexity index is 1190. The Kier molecular flexibility index (Phi) is 7.40. The third-order valence-electron chi connectivity index (χ3n) is 5.20. The van der Waals surface area contributed by atoms with E-state index < -0.39 is 17.4 Å². The molecule has 6 nitrogen and oxygen atoms in total. The standard InChI is InChI=1S/C24H26F3NO5/c1-3-7-15-13-17-18(24(25,26)27)14-21(31)33-23(17)16(8-4-2)22(15)32-12-6-5-11-28-19(29)9-10-20(28)30/h5-6,9-10,13-14,29-30H,3-4,7-8,11-12H2,1-2H3. The molecule has 2 aromatic heterocycles. The molecular weight excluding hydrogens is 439 g/mol. The summed E-state index contributed by atoms with van der Waals surface area (Å²) in [6.07, 6.45) is 0.840. The monoisotopic (exact) mass is 465 g/mol. The van der Waals surface area contributed by atoms with Crippen LogP contribution in [-0.2, 0) is 25.6 Å². The van der Waals surface area contributed by atoms with Crippen LogP contribution in [0.25, 0.3) is 11.0 Å². The predicted octanol–water partition coefficient (Wildman–Crippen LogP) is 5.56. The second-order valence-electron chi connectivity index (χ2n) is 7.64. The van der Waals surface area contributed by atoms with Gasteiger partial charge in [0.1, 0.15) is 17.9 Å². The first-order chi connectivity index (χ1) is 15.7. The molecule has 0 aliphatic rings. The maximum atomic E-state index is 13.6. The molecule has 0 amide bonds. The smallest absolute Gasteiger partial charge is 0.417 e. The van der Waals surface area contributed by atoms with Crippen LogP contribution < -0.4 is 10.4 Å². The topological polar surface area (TPSA) is 84.8 Å². The molecule has 0 spiro atoms. The maximum Gasteiger partial charge on any atom is 0.417 e. The molecule has 1 aromatic carbocycles. The van der Waals surface area contributed by atoms with Crippen LogP contribution >= 0.6 is 0 Å². The van der Waals surface area contributed by atoms with Gasteiger partial charge >= 0.3 is 11.8 Å². The lowest BCUT2D eigenvalue weighted by atomic mass is 9.96. The summed E-state index contributed by atoms with van der Waals surface area (Å²) < 4.78 is 53.4. The number of hydrogen-bond donors (Lipinski definition) is 2. The van der Waals surface area contributed by atoms with Crippen LogP contribution in [0, 0.1) is 0 Å². The molecule has 0 saturated heterocycles. The van der Waals surface area contributed by atoms with E-state index in [2.05, 4.69) is 0 Å². The highest BCUT2D eigenvalue weighted by atomic mass is 19.4. The van der Waals surface area contributed by atoms with E-state index >= 15 is 0 Å². The molecule has 3 aromatic rings. The number of halogens is 3. The number of aromatic hydroxyl groups is 2. The molecule has 33 heavy (non-hydrogen) atoms. The number of nitrogens with zero attached hydrogens (tertiary/aromatic N) is 1. The zero-order valence-corrected chi connectivity index (χ0v) is 18.4. The molecule has 9 heteroatoms. The summed E-state index contributed by atoms with van der Waals surface area (Å²) in [5.41, 5.74) is -1.12. The molecule has 2 N–H and O–H groups in total. The number of aryl methyl sites for hydroxylation is 2. The number of rotatable bonds is 9. The van der Waals surface area contributed by atoms with E-state index in [9.17, 15) is 28.2 Å². The highest BCUT2D eigenvalue weighted by Crippen LogP contribution is 2.40. The zero-order valence-electron chi connectivity index (χ0n) is 18.4. The van der Waals surface area contributed by atoms with Crippen LogP contribution in [0.4, 0.5) is 13.2 Å². The summed E-state index contributed by atoms with van der Waals surface area (Å²) in [5.74, 6) is 0.252. The maximum absolute atomic E-state index is 13.6. The summed E-state index contributed by atoms with van der Waals surface area (Å²) in [7, 11) is 0. The summed E-state index contributed by atoms with van der Waals surface area (Å²) in [6.45, 7) is 4.10. The van der Waals surface area contributed by atoms with Crippen molar-refractivity contribution in [2.45, 2.75) is 52.3 Å². The minimum Gasteiger partial charge on any atom is -0.494 e. The van der Waals surface area contributed by atoms with Crippen molar-refractivity contribution in [2.75, 3.05) is 6.61 Å². The lowest BCUT2D eigenvalue weighted by Gasteiger charge is -2.18. The van der Waals surface area contributed by atoms with Gasteiger partial charge in [-0.05, 0) is 30.5 Å². The Morgan fingerprint density at radius 1 is 1.06 bits per heavy atom. The molecule has 2 heterocycles. The van der Waals surface area contributed by atoms with Crippen molar-refractivity contribution in [3.8, 4) is 17.5 Å². The largest absolute Gasteiger partial charge is 0.494 e. The fraction of sp³-hybridized carbons (Fsp3) is 0.375. The van der Waals surface area contributed by atoms with Gasteiger partial charge in [-0.25, -0.2) is 4.79 Å². The fourth-order valence-corrected chi connectivity index (χ4v) is 3.77. The number of allylic oxidation sites excluding steroid dienone is 1. The van der Waals surface area contributed by atoms with Crippen molar-refractivity contribution in [1.82, 2.24) is 4.57 Å². The van der Waals surface area contributed by atoms with Crippen LogP contribution in [0.5, 0.6) is 17.5 Å².